The lowest BCUT2D eigenvalue weighted by atomic mass is 9.94. The van der Waals surface area contributed by atoms with Crippen molar-refractivity contribution in [1.29, 1.82) is 0 Å². The molecule has 0 aliphatic heterocycles. The maximum atomic E-state index is 12.8. The van der Waals surface area contributed by atoms with Crippen molar-refractivity contribution in [3.63, 3.8) is 0 Å². The fourth-order valence-corrected chi connectivity index (χ4v) is 4.66. The molecule has 6 heteroatoms. The Labute approximate surface area is 177 Å². The average molecular weight is 412 g/mol. The van der Waals surface area contributed by atoms with Gasteiger partial charge in [-0.15, -0.1) is 11.8 Å². The van der Waals surface area contributed by atoms with Crippen LogP contribution in [0.1, 0.15) is 61.0 Å². The topological polar surface area (TPSA) is 62.3 Å². The number of amides is 2. The number of carbonyl (C=O) groups excluding carboxylic acids is 2. The Hall–Kier alpha value is -2.34. The van der Waals surface area contributed by atoms with E-state index in [9.17, 15) is 9.59 Å². The third-order valence-electron chi connectivity index (χ3n) is 5.53. The summed E-state index contributed by atoms with van der Waals surface area (Å²) in [5.41, 5.74) is 1.55. The summed E-state index contributed by atoms with van der Waals surface area (Å²) < 4.78 is 0. The van der Waals surface area contributed by atoms with Crippen LogP contribution in [0.4, 0.5) is 0 Å². The lowest BCUT2D eigenvalue weighted by Crippen LogP contribution is -2.39. The third-order valence-corrected chi connectivity index (χ3v) is 6.59. The van der Waals surface area contributed by atoms with Crippen LogP contribution in [0.5, 0.6) is 0 Å². The Balaban J connectivity index is 1.61. The molecule has 1 fully saturated rings. The summed E-state index contributed by atoms with van der Waals surface area (Å²) in [6.07, 6.45) is 9.33. The van der Waals surface area contributed by atoms with Gasteiger partial charge in [0.05, 0.1) is 17.4 Å². The van der Waals surface area contributed by atoms with Crippen molar-refractivity contribution in [1.82, 2.24) is 15.2 Å². The Morgan fingerprint density at radius 1 is 1.17 bits per heavy atom. The fraction of sp³-hybridized carbons (Fsp3) is 0.435. The summed E-state index contributed by atoms with van der Waals surface area (Å²) in [5, 5.41) is 3.03. The van der Waals surface area contributed by atoms with E-state index in [1.165, 1.54) is 31.0 Å². The molecule has 2 aromatic rings. The van der Waals surface area contributed by atoms with Gasteiger partial charge in [-0.05, 0) is 43.5 Å². The number of rotatable bonds is 7. The Morgan fingerprint density at radius 2 is 1.93 bits per heavy atom. The molecule has 1 N–H and O–H groups in total. The van der Waals surface area contributed by atoms with Gasteiger partial charge in [0.1, 0.15) is 0 Å². The van der Waals surface area contributed by atoms with Crippen molar-refractivity contribution >= 4 is 23.6 Å². The quantitative estimate of drug-likeness (QED) is 0.684. The van der Waals surface area contributed by atoms with E-state index in [1.807, 2.05) is 55.3 Å². The molecule has 5 nitrogen and oxygen atoms in total. The summed E-state index contributed by atoms with van der Waals surface area (Å²) in [4.78, 5) is 32.3. The van der Waals surface area contributed by atoms with Gasteiger partial charge >= 0.3 is 0 Å². The van der Waals surface area contributed by atoms with Gasteiger partial charge in [-0.2, -0.15) is 0 Å². The van der Waals surface area contributed by atoms with Crippen LogP contribution in [-0.2, 0) is 4.79 Å². The van der Waals surface area contributed by atoms with E-state index in [4.69, 9.17) is 0 Å². The van der Waals surface area contributed by atoms with Gasteiger partial charge < -0.3 is 10.2 Å². The molecule has 0 bridgehead atoms. The summed E-state index contributed by atoms with van der Waals surface area (Å²) in [7, 11) is 1.91. The summed E-state index contributed by atoms with van der Waals surface area (Å²) in [5.74, 6) is 0.327. The van der Waals surface area contributed by atoms with Crippen molar-refractivity contribution in [2.45, 2.75) is 56.0 Å². The SMILES string of the molecule is CC(NC(=O)c1ccccc1SCC(=O)N(C)C1CCCCC1)c1cccnc1. The maximum absolute atomic E-state index is 12.8. The highest BCUT2D eigenvalue weighted by molar-refractivity contribution is 8.00. The molecule has 2 amide bonds. The molecule has 3 rings (SSSR count). The zero-order chi connectivity index (χ0) is 20.6. The molecule has 1 aromatic heterocycles. The number of hydrogen-bond donors (Lipinski definition) is 1. The second-order valence-corrected chi connectivity index (χ2v) is 8.58. The highest BCUT2D eigenvalue weighted by Gasteiger charge is 2.22. The molecule has 1 saturated carbocycles. The summed E-state index contributed by atoms with van der Waals surface area (Å²) in [6, 6.07) is 11.5. The molecule has 0 saturated heterocycles. The molecule has 1 aromatic carbocycles. The summed E-state index contributed by atoms with van der Waals surface area (Å²) in [6.45, 7) is 1.94. The molecule has 1 atom stereocenters. The van der Waals surface area contributed by atoms with Crippen molar-refractivity contribution in [3.05, 3.63) is 59.9 Å². The molecule has 1 unspecified atom stereocenters. The van der Waals surface area contributed by atoms with Crippen LogP contribution in [-0.4, -0.2) is 40.5 Å². The van der Waals surface area contributed by atoms with Gasteiger partial charge in [0, 0.05) is 30.4 Å². The van der Waals surface area contributed by atoms with Crippen molar-refractivity contribution in [2.24, 2.45) is 0 Å². The Morgan fingerprint density at radius 3 is 2.66 bits per heavy atom. The van der Waals surface area contributed by atoms with Gasteiger partial charge in [0.25, 0.3) is 5.91 Å². The predicted octanol–water partition coefficient (Wildman–Crippen LogP) is 4.46. The number of nitrogens with one attached hydrogen (secondary N) is 1. The van der Waals surface area contributed by atoms with Crippen LogP contribution in [0.3, 0.4) is 0 Å². The summed E-state index contributed by atoms with van der Waals surface area (Å²) >= 11 is 1.43. The van der Waals surface area contributed by atoms with Gasteiger partial charge in [-0.25, -0.2) is 0 Å². The minimum absolute atomic E-state index is 0.126. The normalized spacial score (nSPS) is 15.5. The minimum atomic E-state index is -0.145. The number of carbonyl (C=O) groups is 2. The smallest absolute Gasteiger partial charge is 0.252 e. The van der Waals surface area contributed by atoms with Crippen molar-refractivity contribution in [2.75, 3.05) is 12.8 Å². The van der Waals surface area contributed by atoms with Crippen LogP contribution in [0.15, 0.2) is 53.7 Å². The second-order valence-electron chi connectivity index (χ2n) is 7.56. The van der Waals surface area contributed by atoms with Crippen LogP contribution in [0.25, 0.3) is 0 Å². The van der Waals surface area contributed by atoms with Gasteiger partial charge in [0.15, 0.2) is 0 Å². The van der Waals surface area contributed by atoms with Crippen LogP contribution in [0, 0.1) is 0 Å². The van der Waals surface area contributed by atoms with E-state index in [-0.39, 0.29) is 17.9 Å². The lowest BCUT2D eigenvalue weighted by Gasteiger charge is -2.31. The number of nitrogens with zero attached hydrogens (tertiary/aromatic N) is 2. The van der Waals surface area contributed by atoms with E-state index in [2.05, 4.69) is 10.3 Å². The van der Waals surface area contributed by atoms with E-state index in [0.29, 0.717) is 17.4 Å². The highest BCUT2D eigenvalue weighted by atomic mass is 32.2. The minimum Gasteiger partial charge on any atom is -0.345 e. The van der Waals surface area contributed by atoms with Crippen molar-refractivity contribution < 1.29 is 9.59 Å². The molecule has 154 valence electrons. The van der Waals surface area contributed by atoms with E-state index < -0.39 is 0 Å². The molecule has 1 heterocycles. The average Bonchev–Trinajstić information content (AvgIpc) is 2.78. The van der Waals surface area contributed by atoms with E-state index in [0.717, 1.165) is 23.3 Å². The first-order valence-corrected chi connectivity index (χ1v) is 11.2. The first kappa shape index (κ1) is 21.4. The first-order chi connectivity index (χ1) is 14.1. The second kappa shape index (κ2) is 10.4. The van der Waals surface area contributed by atoms with E-state index in [1.54, 1.807) is 12.4 Å². The van der Waals surface area contributed by atoms with Crippen LogP contribution in [0.2, 0.25) is 0 Å². The molecule has 1 aliphatic carbocycles. The van der Waals surface area contributed by atoms with Crippen molar-refractivity contribution in [3.8, 4) is 0 Å². The lowest BCUT2D eigenvalue weighted by molar-refractivity contribution is -0.129. The molecular formula is C23H29N3O2S. The van der Waals surface area contributed by atoms with Crippen LogP contribution >= 0.6 is 11.8 Å². The highest BCUT2D eigenvalue weighted by Crippen LogP contribution is 2.26. The predicted molar refractivity (Wildman–Crippen MR) is 117 cm³/mol. The molecule has 0 spiro atoms. The molecule has 0 radical (unpaired) electrons. The number of thioether (sulfide) groups is 1. The Bertz CT molecular complexity index is 822. The van der Waals surface area contributed by atoms with Crippen LogP contribution < -0.4 is 5.32 Å². The van der Waals surface area contributed by atoms with Gasteiger partial charge in [0.2, 0.25) is 5.91 Å². The number of benzene rings is 1. The number of pyridine rings is 1. The molecular weight excluding hydrogens is 382 g/mol. The zero-order valence-electron chi connectivity index (χ0n) is 17.1. The first-order valence-electron chi connectivity index (χ1n) is 10.2. The Kier molecular flexibility index (Phi) is 7.69. The number of aromatic nitrogens is 1. The largest absolute Gasteiger partial charge is 0.345 e. The number of hydrogen-bond acceptors (Lipinski definition) is 4. The zero-order valence-corrected chi connectivity index (χ0v) is 18.0. The maximum Gasteiger partial charge on any atom is 0.252 e. The third kappa shape index (κ3) is 5.82. The van der Waals surface area contributed by atoms with E-state index >= 15 is 0 Å². The van der Waals surface area contributed by atoms with Gasteiger partial charge in [-0.3, -0.25) is 14.6 Å². The van der Waals surface area contributed by atoms with Gasteiger partial charge in [-0.1, -0.05) is 37.5 Å². The molecule has 29 heavy (non-hydrogen) atoms. The standard InChI is InChI=1S/C23H29N3O2S/c1-17(18-9-8-14-24-15-18)25-23(28)20-12-6-7-13-21(20)29-16-22(27)26(2)19-10-4-3-5-11-19/h6-9,12-15,17,19H,3-5,10-11,16H2,1-2H3,(H,25,28). The molecule has 1 aliphatic rings. The monoisotopic (exact) mass is 411 g/mol. The fourth-order valence-electron chi connectivity index (χ4n) is 3.68.